The molecule has 0 spiro atoms. The van der Waals surface area contributed by atoms with E-state index in [4.69, 9.17) is 4.74 Å². The van der Waals surface area contributed by atoms with Crippen LogP contribution in [0.4, 0.5) is 10.5 Å². The smallest absolute Gasteiger partial charge is 0.335 e. The number of thioether (sulfide) groups is 1. The van der Waals surface area contributed by atoms with Crippen molar-refractivity contribution in [3.05, 3.63) is 59.2 Å². The Hall–Kier alpha value is -3.00. The fourth-order valence-corrected chi connectivity index (χ4v) is 4.41. The third-order valence-corrected chi connectivity index (χ3v) is 6.05. The van der Waals surface area contributed by atoms with Gasteiger partial charge in [0.05, 0.1) is 17.4 Å². The molecule has 2 amide bonds. The molecule has 2 aromatic carbocycles. The molecule has 0 aliphatic carbocycles. The standard InChI is InChI=1S/C21H20N2O5S/c24-19-18(29-21(27)22-19)11-13-1-5-16(6-2-13)28-10-9-23-8-7-14-3-4-15(20(25)26)12-17(14)23/h1-6,12,18H,7-11H2,(H,25,26)(H,22,24,27). The van der Waals surface area contributed by atoms with Crippen molar-refractivity contribution in [3.63, 3.8) is 0 Å². The normalized spacial score (nSPS) is 17.9. The maximum atomic E-state index is 11.7. The molecule has 7 nitrogen and oxygen atoms in total. The number of nitrogens with one attached hydrogen (secondary N) is 1. The van der Waals surface area contributed by atoms with Gasteiger partial charge >= 0.3 is 5.97 Å². The minimum absolute atomic E-state index is 0.239. The van der Waals surface area contributed by atoms with Crippen LogP contribution in [0.25, 0.3) is 0 Å². The topological polar surface area (TPSA) is 95.9 Å². The highest BCUT2D eigenvalue weighted by molar-refractivity contribution is 8.15. The number of hydrogen-bond donors (Lipinski definition) is 2. The molecule has 1 fully saturated rings. The summed E-state index contributed by atoms with van der Waals surface area (Å²) in [5, 5.41) is 10.8. The van der Waals surface area contributed by atoms with Crippen molar-refractivity contribution < 1.29 is 24.2 Å². The summed E-state index contributed by atoms with van der Waals surface area (Å²) in [5.41, 5.74) is 3.38. The lowest BCUT2D eigenvalue weighted by Gasteiger charge is -2.20. The van der Waals surface area contributed by atoms with E-state index in [1.165, 1.54) is 0 Å². The number of amides is 2. The number of hydrogen-bond acceptors (Lipinski definition) is 6. The third-order valence-electron chi connectivity index (χ3n) is 5.07. The van der Waals surface area contributed by atoms with Crippen LogP contribution in [0, 0.1) is 0 Å². The van der Waals surface area contributed by atoms with Crippen LogP contribution in [-0.4, -0.2) is 47.2 Å². The van der Waals surface area contributed by atoms with E-state index in [0.717, 1.165) is 47.3 Å². The molecule has 2 aromatic rings. The van der Waals surface area contributed by atoms with Crippen molar-refractivity contribution in [2.75, 3.05) is 24.6 Å². The first-order valence-corrected chi connectivity index (χ1v) is 10.2. The van der Waals surface area contributed by atoms with E-state index in [1.54, 1.807) is 12.1 Å². The van der Waals surface area contributed by atoms with Crippen LogP contribution in [-0.2, 0) is 17.6 Å². The average molecular weight is 412 g/mol. The summed E-state index contributed by atoms with van der Waals surface area (Å²) in [6.07, 6.45) is 1.40. The maximum absolute atomic E-state index is 11.7. The number of carbonyl (C=O) groups is 3. The predicted octanol–water partition coefficient (Wildman–Crippen LogP) is 2.72. The number of benzene rings is 2. The molecule has 0 radical (unpaired) electrons. The second-order valence-corrected chi connectivity index (χ2v) is 8.14. The Labute approximate surface area is 172 Å². The van der Waals surface area contributed by atoms with Gasteiger partial charge in [-0.3, -0.25) is 14.9 Å². The van der Waals surface area contributed by atoms with E-state index in [0.29, 0.717) is 25.1 Å². The summed E-state index contributed by atoms with van der Waals surface area (Å²) in [6.45, 7) is 1.99. The van der Waals surface area contributed by atoms with Gasteiger partial charge in [0.1, 0.15) is 12.4 Å². The number of nitrogens with zero attached hydrogens (tertiary/aromatic N) is 1. The Balaban J connectivity index is 1.30. The first kappa shape index (κ1) is 19.3. The molecular weight excluding hydrogens is 392 g/mol. The van der Waals surface area contributed by atoms with Crippen LogP contribution in [0.3, 0.4) is 0 Å². The summed E-state index contributed by atoms with van der Waals surface area (Å²) < 4.78 is 5.83. The summed E-state index contributed by atoms with van der Waals surface area (Å²) in [7, 11) is 0. The highest BCUT2D eigenvalue weighted by atomic mass is 32.2. The molecule has 2 aliphatic rings. The summed E-state index contributed by atoms with van der Waals surface area (Å²) >= 11 is 1.02. The lowest BCUT2D eigenvalue weighted by atomic mass is 10.1. The van der Waals surface area contributed by atoms with Crippen LogP contribution in [0.2, 0.25) is 0 Å². The van der Waals surface area contributed by atoms with Crippen molar-refractivity contribution in [3.8, 4) is 5.75 Å². The van der Waals surface area contributed by atoms with Crippen LogP contribution < -0.4 is 15.0 Å². The first-order valence-electron chi connectivity index (χ1n) is 9.34. The second kappa shape index (κ2) is 8.16. The van der Waals surface area contributed by atoms with Gasteiger partial charge in [-0.15, -0.1) is 0 Å². The largest absolute Gasteiger partial charge is 0.492 e. The van der Waals surface area contributed by atoms with Gasteiger partial charge in [0.25, 0.3) is 5.24 Å². The SMILES string of the molecule is O=C1NC(=O)C(Cc2ccc(OCCN3CCc4ccc(C(=O)O)cc43)cc2)S1. The van der Waals surface area contributed by atoms with E-state index in [1.807, 2.05) is 30.3 Å². The van der Waals surface area contributed by atoms with Crippen LogP contribution in [0.5, 0.6) is 5.75 Å². The number of carboxylic acids is 1. The number of ether oxygens (including phenoxy) is 1. The van der Waals surface area contributed by atoms with Crippen molar-refractivity contribution in [1.82, 2.24) is 5.32 Å². The molecule has 150 valence electrons. The van der Waals surface area contributed by atoms with Gasteiger partial charge in [0.15, 0.2) is 0 Å². The number of aromatic carboxylic acids is 1. The van der Waals surface area contributed by atoms with Gasteiger partial charge < -0.3 is 14.7 Å². The third kappa shape index (κ3) is 4.37. The predicted molar refractivity (Wildman–Crippen MR) is 110 cm³/mol. The molecule has 2 N–H and O–H groups in total. The Morgan fingerprint density at radius 2 is 2.00 bits per heavy atom. The van der Waals surface area contributed by atoms with Gasteiger partial charge in [-0.2, -0.15) is 0 Å². The number of imide groups is 1. The fourth-order valence-electron chi connectivity index (χ4n) is 3.55. The van der Waals surface area contributed by atoms with Gasteiger partial charge in [0, 0.05) is 12.2 Å². The molecule has 1 unspecified atom stereocenters. The second-order valence-electron chi connectivity index (χ2n) is 6.97. The molecule has 0 bridgehead atoms. The van der Waals surface area contributed by atoms with Crippen LogP contribution in [0.1, 0.15) is 21.5 Å². The van der Waals surface area contributed by atoms with Gasteiger partial charge in [0.2, 0.25) is 5.91 Å². The fraction of sp³-hybridized carbons (Fsp3) is 0.286. The van der Waals surface area contributed by atoms with E-state index in [9.17, 15) is 19.5 Å². The summed E-state index contributed by atoms with van der Waals surface area (Å²) in [6, 6.07) is 12.8. The molecule has 0 saturated carbocycles. The number of anilines is 1. The van der Waals surface area contributed by atoms with E-state index in [-0.39, 0.29) is 16.4 Å². The van der Waals surface area contributed by atoms with Crippen LogP contribution in [0.15, 0.2) is 42.5 Å². The monoisotopic (exact) mass is 412 g/mol. The highest BCUT2D eigenvalue weighted by Gasteiger charge is 2.31. The number of carbonyl (C=O) groups excluding carboxylic acids is 2. The Kier molecular flexibility index (Phi) is 5.44. The molecule has 8 heteroatoms. The van der Waals surface area contributed by atoms with Gasteiger partial charge in [-0.25, -0.2) is 4.79 Å². The highest BCUT2D eigenvalue weighted by Crippen LogP contribution is 2.29. The average Bonchev–Trinajstić information content (AvgIpc) is 3.25. The zero-order valence-corrected chi connectivity index (χ0v) is 16.4. The lowest BCUT2D eigenvalue weighted by molar-refractivity contribution is -0.118. The van der Waals surface area contributed by atoms with Crippen molar-refractivity contribution in [2.45, 2.75) is 18.1 Å². The molecule has 2 heterocycles. The summed E-state index contributed by atoms with van der Waals surface area (Å²) in [4.78, 5) is 36.2. The quantitative estimate of drug-likeness (QED) is 0.722. The zero-order valence-electron chi connectivity index (χ0n) is 15.6. The van der Waals surface area contributed by atoms with E-state index < -0.39 is 5.97 Å². The maximum Gasteiger partial charge on any atom is 0.335 e. The first-order chi connectivity index (χ1) is 14.0. The molecule has 1 saturated heterocycles. The molecule has 0 aromatic heterocycles. The summed E-state index contributed by atoms with van der Waals surface area (Å²) in [5.74, 6) is -0.432. The van der Waals surface area contributed by atoms with E-state index >= 15 is 0 Å². The number of carboxylic acid groups (broad SMARTS) is 1. The van der Waals surface area contributed by atoms with Crippen LogP contribution >= 0.6 is 11.8 Å². The number of rotatable bonds is 7. The minimum atomic E-state index is -0.922. The van der Waals surface area contributed by atoms with E-state index in [2.05, 4.69) is 10.2 Å². The molecule has 29 heavy (non-hydrogen) atoms. The van der Waals surface area contributed by atoms with Crippen molar-refractivity contribution in [2.24, 2.45) is 0 Å². The Morgan fingerprint density at radius 1 is 1.21 bits per heavy atom. The van der Waals surface area contributed by atoms with Gasteiger partial charge in [-0.1, -0.05) is 30.0 Å². The number of fused-ring (bicyclic) bond motifs is 1. The van der Waals surface area contributed by atoms with Crippen molar-refractivity contribution >= 4 is 34.6 Å². The van der Waals surface area contributed by atoms with Crippen molar-refractivity contribution in [1.29, 1.82) is 0 Å². The molecule has 1 atom stereocenters. The lowest BCUT2D eigenvalue weighted by Crippen LogP contribution is -2.26. The molecule has 2 aliphatic heterocycles. The Morgan fingerprint density at radius 3 is 2.69 bits per heavy atom. The van der Waals surface area contributed by atoms with Gasteiger partial charge in [-0.05, 0) is 48.2 Å². The zero-order chi connectivity index (χ0) is 20.4. The molecule has 4 rings (SSSR count). The minimum Gasteiger partial charge on any atom is -0.492 e. The molecular formula is C21H20N2O5S. The Bertz CT molecular complexity index is 960.